The number of esters is 1. The first-order valence-electron chi connectivity index (χ1n) is 9.35. The summed E-state index contributed by atoms with van der Waals surface area (Å²) in [5.41, 5.74) is 0. The molecule has 0 aliphatic rings. The molecule has 0 aromatic heterocycles. The van der Waals surface area contributed by atoms with Gasteiger partial charge in [0.1, 0.15) is 0 Å². The van der Waals surface area contributed by atoms with Gasteiger partial charge in [-0.3, -0.25) is 4.79 Å². The van der Waals surface area contributed by atoms with Gasteiger partial charge in [-0.15, -0.1) is 0 Å². The van der Waals surface area contributed by atoms with E-state index in [2.05, 4.69) is 41.1 Å². The standard InChI is InChI=1S/C21H33IO2/c1-2-3-4-5-6-7-8-9-10-11-12-13-14-15-16-18-21(23)24-20-17-19-22/h6-7,9-10H,2-5,8,11-16,18,20H2,1H3/b7-6-,10-9-. The Morgan fingerprint density at radius 3 is 2.21 bits per heavy atom. The maximum atomic E-state index is 11.3. The van der Waals surface area contributed by atoms with E-state index in [4.69, 9.17) is 4.74 Å². The van der Waals surface area contributed by atoms with E-state index < -0.39 is 0 Å². The molecule has 0 unspecified atom stereocenters. The summed E-state index contributed by atoms with van der Waals surface area (Å²) >= 11 is 1.94. The number of halogens is 1. The molecule has 0 saturated heterocycles. The van der Waals surface area contributed by atoms with Gasteiger partial charge in [0, 0.05) is 29.0 Å². The van der Waals surface area contributed by atoms with Crippen LogP contribution in [0.5, 0.6) is 0 Å². The molecule has 0 atom stereocenters. The summed E-state index contributed by atoms with van der Waals surface area (Å²) in [5.74, 6) is 2.59. The van der Waals surface area contributed by atoms with Crippen molar-refractivity contribution in [3.63, 3.8) is 0 Å². The van der Waals surface area contributed by atoms with Crippen molar-refractivity contribution in [2.45, 2.75) is 84.0 Å². The van der Waals surface area contributed by atoms with Crippen molar-refractivity contribution < 1.29 is 9.53 Å². The molecule has 0 radical (unpaired) electrons. The molecule has 0 aromatic rings. The van der Waals surface area contributed by atoms with Crippen LogP contribution in [0, 0.1) is 9.85 Å². The Morgan fingerprint density at radius 1 is 0.917 bits per heavy atom. The van der Waals surface area contributed by atoms with Crippen molar-refractivity contribution in [2.75, 3.05) is 6.61 Å². The van der Waals surface area contributed by atoms with Crippen molar-refractivity contribution in [1.29, 1.82) is 0 Å². The summed E-state index contributed by atoms with van der Waals surface area (Å²) in [4.78, 5) is 11.3. The minimum Gasteiger partial charge on any atom is -0.452 e. The molecule has 0 saturated carbocycles. The van der Waals surface area contributed by atoms with Gasteiger partial charge in [-0.2, -0.15) is 0 Å². The summed E-state index contributed by atoms with van der Waals surface area (Å²) in [6.07, 6.45) is 22.8. The maximum Gasteiger partial charge on any atom is 0.306 e. The Bertz CT molecular complexity index is 402. The van der Waals surface area contributed by atoms with E-state index in [0.29, 0.717) is 6.42 Å². The summed E-state index contributed by atoms with van der Waals surface area (Å²) in [6.45, 7) is 2.46. The Hall–Kier alpha value is -0.760. The predicted molar refractivity (Wildman–Crippen MR) is 112 cm³/mol. The third-order valence-corrected chi connectivity index (χ3v) is 4.09. The molecule has 3 heteroatoms. The number of rotatable bonds is 15. The monoisotopic (exact) mass is 444 g/mol. The average molecular weight is 444 g/mol. The first kappa shape index (κ1) is 23.2. The van der Waals surface area contributed by atoms with Crippen molar-refractivity contribution in [1.82, 2.24) is 0 Å². The molecule has 0 heterocycles. The SMILES string of the molecule is CCCCC/C=C\C/C=C\CCCCCCCC(=O)OCC#CI. The minimum atomic E-state index is -0.125. The molecule has 0 aliphatic heterocycles. The minimum absolute atomic E-state index is 0.125. The van der Waals surface area contributed by atoms with Crippen LogP contribution in [0.25, 0.3) is 0 Å². The van der Waals surface area contributed by atoms with E-state index in [1.807, 2.05) is 22.6 Å². The largest absolute Gasteiger partial charge is 0.452 e. The first-order valence-corrected chi connectivity index (χ1v) is 10.4. The van der Waals surface area contributed by atoms with Gasteiger partial charge in [0.2, 0.25) is 0 Å². The Balaban J connectivity index is 3.28. The second-order valence-corrected chi connectivity index (χ2v) is 6.45. The van der Waals surface area contributed by atoms with E-state index in [9.17, 15) is 4.79 Å². The summed E-state index contributed by atoms with van der Waals surface area (Å²) in [7, 11) is 0. The topological polar surface area (TPSA) is 26.3 Å². The van der Waals surface area contributed by atoms with Crippen LogP contribution in [0.4, 0.5) is 0 Å². The van der Waals surface area contributed by atoms with E-state index in [0.717, 1.165) is 19.3 Å². The fourth-order valence-corrected chi connectivity index (χ4v) is 2.45. The first-order chi connectivity index (χ1) is 11.8. The number of hydrogen-bond donors (Lipinski definition) is 0. The van der Waals surface area contributed by atoms with E-state index in [1.54, 1.807) is 0 Å². The lowest BCUT2D eigenvalue weighted by atomic mass is 10.1. The van der Waals surface area contributed by atoms with Crippen LogP contribution in [-0.4, -0.2) is 12.6 Å². The molecular formula is C21H33IO2. The molecule has 0 bridgehead atoms. The van der Waals surface area contributed by atoms with Crippen LogP contribution >= 0.6 is 22.6 Å². The van der Waals surface area contributed by atoms with Gasteiger partial charge >= 0.3 is 5.97 Å². The fraction of sp³-hybridized carbons (Fsp3) is 0.667. The highest BCUT2D eigenvalue weighted by Gasteiger charge is 2.00. The summed E-state index contributed by atoms with van der Waals surface area (Å²) in [6, 6.07) is 0. The molecule has 136 valence electrons. The summed E-state index contributed by atoms with van der Waals surface area (Å²) < 4.78 is 7.65. The lowest BCUT2D eigenvalue weighted by molar-refractivity contribution is -0.142. The van der Waals surface area contributed by atoms with Crippen LogP contribution in [0.2, 0.25) is 0 Å². The van der Waals surface area contributed by atoms with Gasteiger partial charge in [0.25, 0.3) is 0 Å². The van der Waals surface area contributed by atoms with Gasteiger partial charge in [-0.1, -0.05) is 69.3 Å². The zero-order valence-corrected chi connectivity index (χ0v) is 17.4. The highest BCUT2D eigenvalue weighted by molar-refractivity contribution is 14.1. The molecule has 0 spiro atoms. The van der Waals surface area contributed by atoms with E-state index >= 15 is 0 Å². The van der Waals surface area contributed by atoms with E-state index in [1.165, 1.54) is 51.4 Å². The smallest absolute Gasteiger partial charge is 0.306 e. The Labute approximate surface area is 162 Å². The van der Waals surface area contributed by atoms with Crippen LogP contribution in [0.15, 0.2) is 24.3 Å². The molecule has 24 heavy (non-hydrogen) atoms. The number of hydrogen-bond acceptors (Lipinski definition) is 2. The highest BCUT2D eigenvalue weighted by Crippen LogP contribution is 2.08. The molecular weight excluding hydrogens is 411 g/mol. The Morgan fingerprint density at radius 2 is 1.54 bits per heavy atom. The third kappa shape index (κ3) is 19.3. The van der Waals surface area contributed by atoms with Gasteiger partial charge in [0.15, 0.2) is 6.61 Å². The van der Waals surface area contributed by atoms with Gasteiger partial charge in [0.05, 0.1) is 0 Å². The quantitative estimate of drug-likeness (QED) is 0.0920. The number of allylic oxidation sites excluding steroid dienone is 4. The zero-order valence-electron chi connectivity index (χ0n) is 15.2. The van der Waals surface area contributed by atoms with Gasteiger partial charge < -0.3 is 4.74 Å². The second kappa shape index (κ2) is 20.3. The molecule has 0 N–H and O–H groups in total. The average Bonchev–Trinajstić information content (AvgIpc) is 2.58. The fourth-order valence-electron chi connectivity index (χ4n) is 2.30. The normalized spacial score (nSPS) is 10.9. The number of carbonyl (C=O) groups excluding carboxylic acids is 1. The Kier molecular flexibility index (Phi) is 19.6. The molecule has 2 nitrogen and oxygen atoms in total. The van der Waals surface area contributed by atoms with Crippen molar-refractivity contribution in [3.05, 3.63) is 24.3 Å². The van der Waals surface area contributed by atoms with Crippen LogP contribution in [-0.2, 0) is 9.53 Å². The van der Waals surface area contributed by atoms with Crippen molar-refractivity contribution >= 4 is 28.6 Å². The summed E-state index contributed by atoms with van der Waals surface area (Å²) in [5, 5.41) is 0. The lowest BCUT2D eigenvalue weighted by Crippen LogP contribution is -2.04. The molecule has 0 fully saturated rings. The number of ether oxygens (including phenoxy) is 1. The van der Waals surface area contributed by atoms with Crippen molar-refractivity contribution in [2.24, 2.45) is 0 Å². The highest BCUT2D eigenvalue weighted by atomic mass is 127. The van der Waals surface area contributed by atoms with Crippen LogP contribution < -0.4 is 0 Å². The van der Waals surface area contributed by atoms with E-state index in [-0.39, 0.29) is 12.6 Å². The van der Waals surface area contributed by atoms with Gasteiger partial charge in [-0.25, -0.2) is 0 Å². The predicted octanol–water partition coefficient (Wildman–Crippen LogP) is 6.74. The zero-order chi connectivity index (χ0) is 17.7. The molecule has 0 aromatic carbocycles. The molecule has 0 amide bonds. The molecule has 0 aliphatic carbocycles. The number of carbonyl (C=O) groups is 1. The maximum absolute atomic E-state index is 11.3. The molecule has 0 rings (SSSR count). The second-order valence-electron chi connectivity index (χ2n) is 5.91. The number of unbranched alkanes of at least 4 members (excludes halogenated alkanes) is 8. The van der Waals surface area contributed by atoms with Crippen LogP contribution in [0.3, 0.4) is 0 Å². The van der Waals surface area contributed by atoms with Crippen LogP contribution in [0.1, 0.15) is 84.0 Å². The van der Waals surface area contributed by atoms with Crippen molar-refractivity contribution in [3.8, 4) is 9.85 Å². The lowest BCUT2D eigenvalue weighted by Gasteiger charge is -2.01. The van der Waals surface area contributed by atoms with Gasteiger partial charge in [-0.05, 0) is 42.5 Å². The third-order valence-electron chi connectivity index (χ3n) is 3.70.